The van der Waals surface area contributed by atoms with E-state index in [2.05, 4.69) is 13.7 Å². The van der Waals surface area contributed by atoms with E-state index in [9.17, 15) is 7.84 Å². The Morgan fingerprint density at radius 1 is 2.00 bits per heavy atom. The topological polar surface area (TPSA) is 112 Å². The van der Waals surface area contributed by atoms with Crippen LogP contribution in [0.4, 0.5) is 0 Å². The van der Waals surface area contributed by atoms with Crippen LogP contribution >= 0.6 is 0 Å². The van der Waals surface area contributed by atoms with Crippen molar-refractivity contribution in [3.8, 4) is 0 Å². The molecule has 0 unspecified atom stereocenters. The molecule has 0 spiro atoms. The molecule has 0 aromatic carbocycles. The summed E-state index contributed by atoms with van der Waals surface area (Å²) in [5, 5.41) is 0. The van der Waals surface area contributed by atoms with E-state index in [1.807, 2.05) is 0 Å². The average Bonchev–Trinajstić information content (AvgIpc) is 1.90. The SMILES string of the molecule is [2H]O[2H].[2H]O[As](=O)([O-])O[2H].[Na+]. The van der Waals surface area contributed by atoms with Crippen LogP contribution in [0.5, 0.6) is 0 Å². The van der Waals surface area contributed by atoms with E-state index in [0.29, 0.717) is 0 Å². The molecule has 5 nitrogen and oxygen atoms in total. The molecule has 0 saturated carbocycles. The molecule has 4 N–H and O–H groups in total. The van der Waals surface area contributed by atoms with Crippen molar-refractivity contribution in [2.45, 2.75) is 0 Å². The fourth-order valence-electron chi connectivity index (χ4n) is 0. The van der Waals surface area contributed by atoms with Gasteiger partial charge in [0.1, 0.15) is 0 Å². The summed E-state index contributed by atoms with van der Waals surface area (Å²) in [6, 6.07) is 0. The quantitative estimate of drug-likeness (QED) is 0.417. The smallest absolute Gasteiger partial charge is 1.00 e. The van der Waals surface area contributed by atoms with Gasteiger partial charge in [0.05, 0.1) is 0 Å². The second-order valence-electron chi connectivity index (χ2n) is 0.447. The molecular formula is H4AsNaO5. The van der Waals surface area contributed by atoms with E-state index in [0.717, 1.165) is 0 Å². The van der Waals surface area contributed by atoms with Gasteiger partial charge < -0.3 is 5.48 Å². The van der Waals surface area contributed by atoms with E-state index in [1.165, 1.54) is 0 Å². The summed E-state index contributed by atoms with van der Waals surface area (Å²) in [6.45, 7) is 0. The van der Waals surface area contributed by atoms with Gasteiger partial charge in [-0.25, -0.2) is 0 Å². The zero-order valence-electron chi connectivity index (χ0n) is 7.49. The van der Waals surface area contributed by atoms with Crippen molar-refractivity contribution in [3.63, 3.8) is 0 Å². The van der Waals surface area contributed by atoms with Gasteiger partial charge in [0.15, 0.2) is 0 Å². The van der Waals surface area contributed by atoms with Crippen LogP contribution in [0.1, 0.15) is 0 Å². The van der Waals surface area contributed by atoms with Gasteiger partial charge in [0.2, 0.25) is 2.86 Å². The van der Waals surface area contributed by atoms with Crippen LogP contribution in [0, 0.1) is 0 Å². The fraction of sp³-hybridized carbons (Fsp3) is 0. The predicted octanol–water partition coefficient (Wildman–Crippen LogP) is -6.62. The maximum absolute atomic E-state index is 9.64. The Kier molecular flexibility index (Phi) is 3.83. The van der Waals surface area contributed by atoms with Gasteiger partial charge in [-0.3, -0.25) is 0 Å². The van der Waals surface area contributed by atoms with Gasteiger partial charge in [0, 0.05) is 0 Å². The van der Waals surface area contributed by atoms with Gasteiger partial charge in [-0.1, -0.05) is 0 Å². The molecule has 0 saturated heterocycles. The van der Waals surface area contributed by atoms with Crippen LogP contribution in [0.15, 0.2) is 0 Å². The Morgan fingerprint density at radius 2 is 2.29 bits per heavy atom. The van der Waals surface area contributed by atoms with Crippen molar-refractivity contribution in [2.24, 2.45) is 0 Å². The molecule has 0 aromatic heterocycles. The summed E-state index contributed by atoms with van der Waals surface area (Å²) in [6.07, 6.45) is 0. The minimum Gasteiger partial charge on any atom is 1.00 e. The molecule has 0 aliphatic rings. The average molecular weight is 186 g/mol. The van der Waals surface area contributed by atoms with Crippen molar-refractivity contribution >= 4 is 14.5 Å². The standard InChI is InChI=1S/AsH3O4.Na.H2O/c2-1(3,4)5;;/h(H3,2,3,4,5);;1H2/q;+1;/p-1/i/hD4. The summed E-state index contributed by atoms with van der Waals surface area (Å²) < 4.78 is 47.4. The summed E-state index contributed by atoms with van der Waals surface area (Å²) in [5.41, 5.74) is 2.75. The van der Waals surface area contributed by atoms with E-state index < -0.39 is 14.5 Å². The largest absolute Gasteiger partial charge is 1.00 e. The fourth-order valence-corrected chi connectivity index (χ4v) is 0. The molecule has 7 heavy (non-hydrogen) atoms. The first kappa shape index (κ1) is 5.02. The first-order valence-corrected chi connectivity index (χ1v) is 3.79. The molecule has 0 rings (SSSR count). The third-order valence-corrected chi connectivity index (χ3v) is 0. The van der Waals surface area contributed by atoms with Crippen LogP contribution in [-0.4, -0.2) is 33.9 Å². The Morgan fingerprint density at radius 3 is 2.29 bits per heavy atom. The van der Waals surface area contributed by atoms with Crippen LogP contribution < -0.4 is 33.7 Å². The molecule has 0 radical (unpaired) electrons. The summed E-state index contributed by atoms with van der Waals surface area (Å²) in [4.78, 5) is 0. The van der Waals surface area contributed by atoms with Crippen LogP contribution in [-0.2, 0) is 3.74 Å². The Labute approximate surface area is 71.3 Å². The number of hydrogen-bond acceptors (Lipinski definition) is 4. The summed E-state index contributed by atoms with van der Waals surface area (Å²) >= 11 is -5.11. The Hall–Kier alpha value is 1.20. The molecule has 0 aliphatic heterocycles. The third-order valence-electron chi connectivity index (χ3n) is 0. The van der Waals surface area contributed by atoms with Crippen LogP contribution in [0.3, 0.4) is 0 Å². The predicted molar refractivity (Wildman–Crippen MR) is 14.5 cm³/mol. The van der Waals surface area contributed by atoms with Gasteiger partial charge in [-0.05, 0) is 0 Å². The van der Waals surface area contributed by atoms with E-state index in [1.54, 1.807) is 0 Å². The molecule has 7 heteroatoms. The van der Waals surface area contributed by atoms with Gasteiger partial charge in [0.25, 0.3) is 0 Å². The maximum Gasteiger partial charge on any atom is 1.00 e. The van der Waals surface area contributed by atoms with Gasteiger partial charge >= 0.3 is 63.0 Å². The number of hydrogen-bond donors (Lipinski definition) is 2. The van der Waals surface area contributed by atoms with Crippen LogP contribution in [0.25, 0.3) is 0 Å². The normalized spacial score (nSPS) is 15.0. The van der Waals surface area contributed by atoms with Gasteiger partial charge in [-0.15, -0.1) is 0 Å². The van der Waals surface area contributed by atoms with E-state index in [4.69, 9.17) is 5.72 Å². The van der Waals surface area contributed by atoms with E-state index >= 15 is 0 Å². The second kappa shape index (κ2) is 5.34. The zero-order chi connectivity index (χ0) is 8.62. The van der Waals surface area contributed by atoms with Crippen molar-refractivity contribution in [3.05, 3.63) is 0 Å². The summed E-state index contributed by atoms with van der Waals surface area (Å²) in [7, 11) is 0. The zero-order valence-corrected chi connectivity index (χ0v) is 7.37. The minimum absolute atomic E-state index is 0. The molecule has 0 aliphatic carbocycles. The minimum atomic E-state index is -5.11. The molecule has 40 valence electrons. The molecule has 0 bridgehead atoms. The molecule has 0 atom stereocenters. The first-order chi connectivity index (χ1) is 4.54. The van der Waals surface area contributed by atoms with Crippen molar-refractivity contribution in [1.29, 1.82) is 5.72 Å². The second-order valence-corrected chi connectivity index (χ2v) is 2.32. The van der Waals surface area contributed by atoms with Crippen molar-refractivity contribution in [2.75, 3.05) is 0 Å². The van der Waals surface area contributed by atoms with Crippen LogP contribution in [0.2, 0.25) is 0 Å². The number of rotatable bonds is 2. The first-order valence-electron chi connectivity index (χ1n) is 2.36. The van der Waals surface area contributed by atoms with Crippen molar-refractivity contribution in [1.82, 2.24) is 0 Å². The molecule has 0 fully saturated rings. The Balaban J connectivity index is -0.000000140. The molecular weight excluding hydrogens is 178 g/mol. The molecule has 0 amide bonds. The monoisotopic (exact) mass is 186 g/mol. The van der Waals surface area contributed by atoms with Crippen molar-refractivity contribution < 1.29 is 51.1 Å². The third kappa shape index (κ3) is 135. The Bertz CT molecular complexity index is 101. The molecule has 0 aromatic rings. The molecule has 0 heterocycles. The summed E-state index contributed by atoms with van der Waals surface area (Å²) in [5.74, 6) is 0. The maximum atomic E-state index is 9.64. The van der Waals surface area contributed by atoms with Gasteiger partial charge in [-0.2, -0.15) is 0 Å². The van der Waals surface area contributed by atoms with E-state index in [-0.39, 0.29) is 29.6 Å².